The number of nitrogens with zero attached hydrogens (tertiary/aromatic N) is 2. The van der Waals surface area contributed by atoms with Crippen LogP contribution in [0, 0.1) is 11.8 Å². The first kappa shape index (κ1) is 12.6. The molecule has 17 heavy (non-hydrogen) atoms. The van der Waals surface area contributed by atoms with E-state index in [2.05, 4.69) is 30.4 Å². The standard InChI is InChI=1S/C13H24N4/c1-3-10-5-6-11(9-10)13(16-14)12-7-8-15-17(12)4-2/h7-8,10-11,13,16H,3-6,9,14H2,1-2H3. The lowest BCUT2D eigenvalue weighted by atomic mass is 9.94. The van der Waals surface area contributed by atoms with Crippen molar-refractivity contribution in [1.29, 1.82) is 0 Å². The van der Waals surface area contributed by atoms with Crippen molar-refractivity contribution in [1.82, 2.24) is 15.2 Å². The first-order valence-corrected chi connectivity index (χ1v) is 6.77. The van der Waals surface area contributed by atoms with Gasteiger partial charge in [0.15, 0.2) is 0 Å². The Bertz CT molecular complexity index is 347. The molecule has 0 radical (unpaired) electrons. The van der Waals surface area contributed by atoms with Crippen molar-refractivity contribution in [3.63, 3.8) is 0 Å². The van der Waals surface area contributed by atoms with Crippen molar-refractivity contribution in [3.05, 3.63) is 18.0 Å². The lowest BCUT2D eigenvalue weighted by molar-refractivity contribution is 0.339. The average Bonchev–Trinajstić information content (AvgIpc) is 2.99. The highest BCUT2D eigenvalue weighted by atomic mass is 15.3. The Morgan fingerprint density at radius 2 is 2.35 bits per heavy atom. The van der Waals surface area contributed by atoms with Gasteiger partial charge in [-0.25, -0.2) is 0 Å². The molecule has 1 aromatic heterocycles. The summed E-state index contributed by atoms with van der Waals surface area (Å²) in [5, 5.41) is 4.34. The van der Waals surface area contributed by atoms with Crippen LogP contribution in [0.15, 0.2) is 12.3 Å². The zero-order valence-electron chi connectivity index (χ0n) is 10.9. The van der Waals surface area contributed by atoms with E-state index in [9.17, 15) is 0 Å². The molecule has 4 nitrogen and oxygen atoms in total. The molecule has 4 heteroatoms. The number of hydrogen-bond donors (Lipinski definition) is 2. The lowest BCUT2D eigenvalue weighted by Gasteiger charge is -2.23. The molecule has 0 aliphatic heterocycles. The van der Waals surface area contributed by atoms with E-state index < -0.39 is 0 Å². The highest BCUT2D eigenvalue weighted by Crippen LogP contribution is 2.39. The molecule has 1 heterocycles. The van der Waals surface area contributed by atoms with E-state index >= 15 is 0 Å². The van der Waals surface area contributed by atoms with Crippen LogP contribution < -0.4 is 11.3 Å². The predicted octanol–water partition coefficient (Wildman–Crippen LogP) is 2.23. The van der Waals surface area contributed by atoms with Crippen molar-refractivity contribution in [2.45, 2.75) is 52.1 Å². The van der Waals surface area contributed by atoms with Gasteiger partial charge in [-0.3, -0.25) is 16.0 Å². The SMILES string of the molecule is CCC1CCC(C(NN)c2ccnn2CC)C1. The van der Waals surface area contributed by atoms with Gasteiger partial charge < -0.3 is 0 Å². The molecule has 1 fully saturated rings. The quantitative estimate of drug-likeness (QED) is 0.609. The number of aryl methyl sites for hydroxylation is 1. The fourth-order valence-electron chi connectivity index (χ4n) is 3.12. The summed E-state index contributed by atoms with van der Waals surface area (Å²) >= 11 is 0. The summed E-state index contributed by atoms with van der Waals surface area (Å²) < 4.78 is 2.05. The summed E-state index contributed by atoms with van der Waals surface area (Å²) in [5.74, 6) is 7.31. The zero-order chi connectivity index (χ0) is 12.3. The molecule has 3 atom stereocenters. The summed E-state index contributed by atoms with van der Waals surface area (Å²) in [5.41, 5.74) is 4.24. The Hall–Kier alpha value is -0.870. The van der Waals surface area contributed by atoms with Gasteiger partial charge in [-0.05, 0) is 37.7 Å². The van der Waals surface area contributed by atoms with Crippen LogP contribution in [0.3, 0.4) is 0 Å². The number of rotatable bonds is 5. The second kappa shape index (κ2) is 5.65. The Morgan fingerprint density at radius 3 is 2.94 bits per heavy atom. The van der Waals surface area contributed by atoms with Crippen LogP contribution in [0.25, 0.3) is 0 Å². The van der Waals surface area contributed by atoms with E-state index in [-0.39, 0.29) is 6.04 Å². The minimum Gasteiger partial charge on any atom is -0.271 e. The molecule has 3 N–H and O–H groups in total. The second-order valence-corrected chi connectivity index (χ2v) is 5.06. The van der Waals surface area contributed by atoms with Crippen LogP contribution in [0.4, 0.5) is 0 Å². The number of nitrogens with one attached hydrogen (secondary N) is 1. The number of hydrogen-bond acceptors (Lipinski definition) is 3. The topological polar surface area (TPSA) is 55.9 Å². The zero-order valence-corrected chi connectivity index (χ0v) is 10.9. The third-order valence-corrected chi connectivity index (χ3v) is 4.18. The molecule has 1 aliphatic carbocycles. The molecular formula is C13H24N4. The van der Waals surface area contributed by atoms with E-state index in [1.165, 1.54) is 31.4 Å². The van der Waals surface area contributed by atoms with Gasteiger partial charge in [-0.2, -0.15) is 5.10 Å². The van der Waals surface area contributed by atoms with Crippen molar-refractivity contribution >= 4 is 0 Å². The predicted molar refractivity (Wildman–Crippen MR) is 69.1 cm³/mol. The van der Waals surface area contributed by atoms with Gasteiger partial charge in [0.1, 0.15) is 0 Å². The van der Waals surface area contributed by atoms with Gasteiger partial charge in [-0.15, -0.1) is 0 Å². The molecule has 0 amide bonds. The summed E-state index contributed by atoms with van der Waals surface area (Å²) in [6.07, 6.45) is 7.08. The van der Waals surface area contributed by atoms with Gasteiger partial charge in [-0.1, -0.05) is 19.8 Å². The van der Waals surface area contributed by atoms with Crippen LogP contribution >= 0.6 is 0 Å². The van der Waals surface area contributed by atoms with Crippen molar-refractivity contribution in [3.8, 4) is 0 Å². The summed E-state index contributed by atoms with van der Waals surface area (Å²) in [6, 6.07) is 2.35. The van der Waals surface area contributed by atoms with E-state index in [4.69, 9.17) is 5.84 Å². The minimum atomic E-state index is 0.258. The Kier molecular flexibility index (Phi) is 4.18. The molecule has 0 saturated heterocycles. The Balaban J connectivity index is 2.11. The summed E-state index contributed by atoms with van der Waals surface area (Å²) in [7, 11) is 0. The molecule has 2 rings (SSSR count). The van der Waals surface area contributed by atoms with Gasteiger partial charge in [0.25, 0.3) is 0 Å². The average molecular weight is 236 g/mol. The first-order valence-electron chi connectivity index (χ1n) is 6.77. The minimum absolute atomic E-state index is 0.258. The Labute approximate surface area is 104 Å². The molecule has 0 aromatic carbocycles. The highest BCUT2D eigenvalue weighted by Gasteiger charge is 2.31. The molecule has 1 saturated carbocycles. The van der Waals surface area contributed by atoms with Gasteiger partial charge in [0.05, 0.1) is 11.7 Å². The number of nitrogens with two attached hydrogens (primary N) is 1. The molecule has 0 bridgehead atoms. The molecular weight excluding hydrogens is 212 g/mol. The van der Waals surface area contributed by atoms with Crippen LogP contribution in [0.5, 0.6) is 0 Å². The van der Waals surface area contributed by atoms with E-state index in [0.29, 0.717) is 5.92 Å². The van der Waals surface area contributed by atoms with Crippen LogP contribution in [0.2, 0.25) is 0 Å². The highest BCUT2D eigenvalue weighted by molar-refractivity contribution is 5.09. The third-order valence-electron chi connectivity index (χ3n) is 4.18. The monoisotopic (exact) mass is 236 g/mol. The molecule has 0 spiro atoms. The van der Waals surface area contributed by atoms with Gasteiger partial charge in [0.2, 0.25) is 0 Å². The number of hydrazine groups is 1. The third kappa shape index (κ3) is 2.53. The maximum absolute atomic E-state index is 5.76. The van der Waals surface area contributed by atoms with Crippen molar-refractivity contribution in [2.24, 2.45) is 17.7 Å². The van der Waals surface area contributed by atoms with E-state index in [0.717, 1.165) is 12.5 Å². The summed E-state index contributed by atoms with van der Waals surface area (Å²) in [6.45, 7) is 5.31. The lowest BCUT2D eigenvalue weighted by Crippen LogP contribution is -2.34. The normalized spacial score (nSPS) is 26.3. The second-order valence-electron chi connectivity index (χ2n) is 5.06. The first-order chi connectivity index (χ1) is 8.30. The Morgan fingerprint density at radius 1 is 1.53 bits per heavy atom. The number of aromatic nitrogens is 2. The summed E-state index contributed by atoms with van der Waals surface area (Å²) in [4.78, 5) is 0. The smallest absolute Gasteiger partial charge is 0.0657 e. The van der Waals surface area contributed by atoms with Gasteiger partial charge in [0, 0.05) is 12.7 Å². The van der Waals surface area contributed by atoms with E-state index in [1.54, 1.807) is 0 Å². The fraction of sp³-hybridized carbons (Fsp3) is 0.769. The fourth-order valence-corrected chi connectivity index (χ4v) is 3.12. The van der Waals surface area contributed by atoms with Crippen LogP contribution in [0.1, 0.15) is 51.3 Å². The molecule has 1 aromatic rings. The maximum Gasteiger partial charge on any atom is 0.0657 e. The molecule has 3 unspecified atom stereocenters. The largest absolute Gasteiger partial charge is 0.271 e. The molecule has 96 valence electrons. The van der Waals surface area contributed by atoms with Crippen LogP contribution in [-0.2, 0) is 6.54 Å². The van der Waals surface area contributed by atoms with Crippen molar-refractivity contribution in [2.75, 3.05) is 0 Å². The van der Waals surface area contributed by atoms with E-state index in [1.807, 2.05) is 10.9 Å². The van der Waals surface area contributed by atoms with Crippen LogP contribution in [-0.4, -0.2) is 9.78 Å². The molecule has 1 aliphatic rings. The van der Waals surface area contributed by atoms with Gasteiger partial charge >= 0.3 is 0 Å². The van der Waals surface area contributed by atoms with Crippen molar-refractivity contribution < 1.29 is 0 Å². The maximum atomic E-state index is 5.76.